The summed E-state index contributed by atoms with van der Waals surface area (Å²) < 4.78 is 17.3. The molecule has 0 saturated heterocycles. The van der Waals surface area contributed by atoms with Gasteiger partial charge in [-0.3, -0.25) is 4.79 Å². The Balaban J connectivity index is 1.25. The summed E-state index contributed by atoms with van der Waals surface area (Å²) in [5.74, 6) is 0.551. The predicted octanol–water partition coefficient (Wildman–Crippen LogP) is 6.45. The van der Waals surface area contributed by atoms with Crippen LogP contribution in [0.25, 0.3) is 0 Å². The first-order valence-corrected chi connectivity index (χ1v) is 13.7. The van der Waals surface area contributed by atoms with E-state index in [1.54, 1.807) is 36.4 Å². The fourth-order valence-electron chi connectivity index (χ4n) is 4.03. The Morgan fingerprint density at radius 3 is 1.76 bits per heavy atom. The van der Waals surface area contributed by atoms with Crippen LogP contribution in [0.4, 0.5) is 0 Å². The van der Waals surface area contributed by atoms with Gasteiger partial charge in [-0.05, 0) is 71.6 Å². The quantitative estimate of drug-likeness (QED) is 0.164. The summed E-state index contributed by atoms with van der Waals surface area (Å²) in [5, 5.41) is 12.3. The summed E-state index contributed by atoms with van der Waals surface area (Å²) in [6.07, 6.45) is 2.26. The molecule has 0 radical (unpaired) electrons. The van der Waals surface area contributed by atoms with E-state index in [0.717, 1.165) is 35.3 Å². The number of carboxylic acids is 1. The van der Waals surface area contributed by atoms with Gasteiger partial charge >= 0.3 is 5.97 Å². The number of carboxylic acid groups (broad SMARTS) is 1. The fraction of sp³-hybridized carbons (Fsp3) is 0.235. The van der Waals surface area contributed by atoms with Crippen LogP contribution in [0.15, 0.2) is 103 Å². The maximum absolute atomic E-state index is 12.8. The number of carbonyl (C=O) groups excluding carboxylic acids is 1. The Bertz CT molecular complexity index is 1370. The van der Waals surface area contributed by atoms with Crippen molar-refractivity contribution in [2.45, 2.75) is 45.4 Å². The molecule has 1 atom stereocenters. The second kappa shape index (κ2) is 15.1. The van der Waals surface area contributed by atoms with Gasteiger partial charge in [0.1, 0.15) is 36.5 Å². The number of hydrogen-bond acceptors (Lipinski definition) is 5. The molecule has 0 fully saturated rings. The maximum atomic E-state index is 12.8. The molecule has 4 aromatic carbocycles. The highest BCUT2D eigenvalue weighted by atomic mass is 16.5. The Labute approximate surface area is 240 Å². The molecule has 4 aromatic rings. The second-order valence-electron chi connectivity index (χ2n) is 9.65. The highest BCUT2D eigenvalue weighted by Gasteiger charge is 2.21. The lowest BCUT2D eigenvalue weighted by molar-refractivity contribution is -0.139. The van der Waals surface area contributed by atoms with Crippen molar-refractivity contribution in [2.24, 2.45) is 0 Å². The number of carbonyl (C=O) groups is 2. The van der Waals surface area contributed by atoms with Gasteiger partial charge in [-0.15, -0.1) is 0 Å². The number of ether oxygens (including phenoxy) is 3. The van der Waals surface area contributed by atoms with Crippen LogP contribution in [0.1, 0.15) is 46.8 Å². The van der Waals surface area contributed by atoms with Crippen molar-refractivity contribution in [3.05, 3.63) is 125 Å². The summed E-state index contributed by atoms with van der Waals surface area (Å²) >= 11 is 0. The van der Waals surface area contributed by atoms with E-state index in [0.29, 0.717) is 36.9 Å². The molecule has 0 spiro atoms. The first kappa shape index (κ1) is 29.2. The SMILES string of the molecule is CCCCOc1ccc(COc2ccc(C(=O)N[C@@H](Cc3ccc(OCc4ccccc4)cc3)C(=O)O)cc2)cc1. The third-order valence-corrected chi connectivity index (χ3v) is 6.43. The zero-order valence-electron chi connectivity index (χ0n) is 23.1. The van der Waals surface area contributed by atoms with Gasteiger partial charge in [0.25, 0.3) is 5.91 Å². The van der Waals surface area contributed by atoms with Gasteiger partial charge in [-0.1, -0.05) is 67.9 Å². The normalized spacial score (nSPS) is 11.3. The molecule has 0 aliphatic heterocycles. The molecular formula is C34H35NO6. The molecule has 1 amide bonds. The molecule has 212 valence electrons. The largest absolute Gasteiger partial charge is 0.494 e. The van der Waals surface area contributed by atoms with Crippen LogP contribution in [0.2, 0.25) is 0 Å². The van der Waals surface area contributed by atoms with Crippen molar-refractivity contribution in [2.75, 3.05) is 6.61 Å². The van der Waals surface area contributed by atoms with Gasteiger partial charge < -0.3 is 24.6 Å². The molecule has 0 aromatic heterocycles. The molecule has 0 unspecified atom stereocenters. The van der Waals surface area contributed by atoms with Crippen molar-refractivity contribution in [1.82, 2.24) is 5.32 Å². The molecule has 0 heterocycles. The minimum Gasteiger partial charge on any atom is -0.494 e. The van der Waals surface area contributed by atoms with Crippen LogP contribution in [0.3, 0.4) is 0 Å². The van der Waals surface area contributed by atoms with E-state index in [2.05, 4.69) is 12.2 Å². The molecule has 41 heavy (non-hydrogen) atoms. The van der Waals surface area contributed by atoms with Gasteiger partial charge in [0.05, 0.1) is 6.61 Å². The van der Waals surface area contributed by atoms with E-state index < -0.39 is 17.9 Å². The topological polar surface area (TPSA) is 94.1 Å². The van der Waals surface area contributed by atoms with E-state index in [4.69, 9.17) is 14.2 Å². The summed E-state index contributed by atoms with van der Waals surface area (Å²) in [7, 11) is 0. The Morgan fingerprint density at radius 2 is 1.20 bits per heavy atom. The zero-order chi connectivity index (χ0) is 28.9. The summed E-state index contributed by atoms with van der Waals surface area (Å²) in [6.45, 7) is 3.65. The highest BCUT2D eigenvalue weighted by molar-refractivity contribution is 5.96. The Kier molecular flexibility index (Phi) is 10.8. The van der Waals surface area contributed by atoms with Crippen LogP contribution >= 0.6 is 0 Å². The first-order chi connectivity index (χ1) is 20.0. The fourth-order valence-corrected chi connectivity index (χ4v) is 4.03. The van der Waals surface area contributed by atoms with Gasteiger partial charge in [0.15, 0.2) is 0 Å². The van der Waals surface area contributed by atoms with E-state index in [9.17, 15) is 14.7 Å². The van der Waals surface area contributed by atoms with Gasteiger partial charge in [0, 0.05) is 12.0 Å². The lowest BCUT2D eigenvalue weighted by Gasteiger charge is -2.15. The van der Waals surface area contributed by atoms with Gasteiger partial charge in [-0.2, -0.15) is 0 Å². The standard InChI is InChI=1S/C34H35NO6/c1-2-3-21-39-29-17-11-27(12-18-29)24-41-31-19-13-28(14-20-31)33(36)35-32(34(37)38)22-25-9-15-30(16-10-25)40-23-26-7-5-4-6-8-26/h4-20,32H,2-3,21-24H2,1H3,(H,35,36)(H,37,38)/t32-/m0/s1. The number of benzene rings is 4. The van der Waals surface area contributed by atoms with Gasteiger partial charge in [-0.25, -0.2) is 4.79 Å². The van der Waals surface area contributed by atoms with Crippen LogP contribution in [0, 0.1) is 0 Å². The second-order valence-corrected chi connectivity index (χ2v) is 9.65. The van der Waals surface area contributed by atoms with Crippen molar-refractivity contribution < 1.29 is 28.9 Å². The van der Waals surface area contributed by atoms with Crippen LogP contribution in [-0.2, 0) is 24.4 Å². The van der Waals surface area contributed by atoms with Crippen LogP contribution in [0.5, 0.6) is 17.2 Å². The molecule has 7 nitrogen and oxygen atoms in total. The first-order valence-electron chi connectivity index (χ1n) is 13.7. The predicted molar refractivity (Wildman–Crippen MR) is 157 cm³/mol. The van der Waals surface area contributed by atoms with Crippen molar-refractivity contribution in [1.29, 1.82) is 0 Å². The smallest absolute Gasteiger partial charge is 0.326 e. The minimum atomic E-state index is -1.11. The maximum Gasteiger partial charge on any atom is 0.326 e. The van der Waals surface area contributed by atoms with E-state index in [1.165, 1.54) is 0 Å². The average Bonchev–Trinajstić information content (AvgIpc) is 3.01. The Hall–Kier alpha value is -4.78. The van der Waals surface area contributed by atoms with Gasteiger partial charge in [0.2, 0.25) is 0 Å². The molecule has 4 rings (SSSR count). The molecule has 0 aliphatic carbocycles. The van der Waals surface area contributed by atoms with Crippen molar-refractivity contribution in [3.8, 4) is 17.2 Å². The van der Waals surface area contributed by atoms with E-state index in [1.807, 2.05) is 66.7 Å². The van der Waals surface area contributed by atoms with Crippen LogP contribution < -0.4 is 19.5 Å². The van der Waals surface area contributed by atoms with Crippen molar-refractivity contribution in [3.63, 3.8) is 0 Å². The molecule has 0 aliphatic rings. The van der Waals surface area contributed by atoms with Crippen LogP contribution in [-0.4, -0.2) is 29.6 Å². The van der Waals surface area contributed by atoms with Crippen molar-refractivity contribution >= 4 is 11.9 Å². The average molecular weight is 554 g/mol. The highest BCUT2D eigenvalue weighted by Crippen LogP contribution is 2.18. The number of rotatable bonds is 15. The monoisotopic (exact) mass is 553 g/mol. The molecule has 2 N–H and O–H groups in total. The number of nitrogens with one attached hydrogen (secondary N) is 1. The third-order valence-electron chi connectivity index (χ3n) is 6.43. The van der Waals surface area contributed by atoms with E-state index in [-0.39, 0.29) is 6.42 Å². The minimum absolute atomic E-state index is 0.143. The van der Waals surface area contributed by atoms with E-state index >= 15 is 0 Å². The number of aliphatic carboxylic acids is 1. The molecule has 0 saturated carbocycles. The summed E-state index contributed by atoms with van der Waals surface area (Å²) in [4.78, 5) is 24.7. The molecule has 0 bridgehead atoms. The number of hydrogen-bond donors (Lipinski definition) is 2. The summed E-state index contributed by atoms with van der Waals surface area (Å²) in [5.41, 5.74) is 3.17. The number of amides is 1. The lowest BCUT2D eigenvalue weighted by Crippen LogP contribution is -2.42. The zero-order valence-corrected chi connectivity index (χ0v) is 23.1. The Morgan fingerprint density at radius 1 is 0.683 bits per heavy atom. The molecular weight excluding hydrogens is 518 g/mol. The summed E-state index contributed by atoms with van der Waals surface area (Å²) in [6, 6.07) is 30.4. The molecule has 7 heteroatoms. The lowest BCUT2D eigenvalue weighted by atomic mass is 10.1. The number of unbranched alkanes of at least 4 members (excludes halogenated alkanes) is 1. The third kappa shape index (κ3) is 9.42.